The number of hydrogen-bond donors (Lipinski definition) is 1. The molecular weight excluding hydrogens is 174 g/mol. The molecule has 7 heavy (non-hydrogen) atoms. The van der Waals surface area contributed by atoms with Crippen molar-refractivity contribution >= 4 is 46.0 Å². The molecule has 0 amide bonds. The molecule has 0 radical (unpaired) electrons. The van der Waals surface area contributed by atoms with Crippen molar-refractivity contribution in [2.24, 2.45) is 0 Å². The molecule has 0 heterocycles. The zero-order valence-corrected chi connectivity index (χ0v) is 7.64. The number of alkyl halides is 2. The Balaban J connectivity index is 0. The standard InChI is InChI=1S/C2H4Cl2OS.H3P/c1-2(3,4)5-6;/h6H,1H3;1H3. The molecule has 0 N–H and O–H groups in total. The Bertz CT molecular complexity index is 45.4. The Morgan fingerprint density at radius 3 is 1.71 bits per heavy atom. The molecule has 0 bridgehead atoms. The smallest absolute Gasteiger partial charge is 0.226 e. The normalized spacial score (nSPS) is 10.3. The SMILES string of the molecule is CC(Cl)(Cl)OS.P. The van der Waals surface area contributed by atoms with E-state index < -0.39 is 4.52 Å². The first-order chi connectivity index (χ1) is 2.56. The lowest BCUT2D eigenvalue weighted by Crippen LogP contribution is -2.03. The molecule has 1 unspecified atom stereocenters. The Kier molecular flexibility index (Phi) is 6.73. The lowest BCUT2D eigenvalue weighted by Gasteiger charge is -2.05. The molecule has 46 valence electrons. The van der Waals surface area contributed by atoms with Crippen molar-refractivity contribution in [3.05, 3.63) is 0 Å². The van der Waals surface area contributed by atoms with Crippen LogP contribution in [-0.4, -0.2) is 4.52 Å². The summed E-state index contributed by atoms with van der Waals surface area (Å²) in [5, 5.41) is 0. The molecule has 0 aromatic rings. The number of thiol groups is 1. The summed E-state index contributed by atoms with van der Waals surface area (Å²) in [7, 11) is 0. The van der Waals surface area contributed by atoms with Gasteiger partial charge in [0.25, 0.3) is 0 Å². The van der Waals surface area contributed by atoms with Gasteiger partial charge in [-0.1, -0.05) is 23.2 Å². The van der Waals surface area contributed by atoms with Gasteiger partial charge < -0.3 is 0 Å². The van der Waals surface area contributed by atoms with Crippen molar-refractivity contribution in [3.63, 3.8) is 0 Å². The molecular formula is C2H7Cl2OPS. The Labute approximate surface area is 61.9 Å². The Morgan fingerprint density at radius 1 is 1.57 bits per heavy atom. The summed E-state index contributed by atoms with van der Waals surface area (Å²) in [6.07, 6.45) is 0. The average Bonchev–Trinajstić information content (AvgIpc) is 1.35. The van der Waals surface area contributed by atoms with Crippen LogP contribution in [0, 0.1) is 0 Å². The molecule has 1 atom stereocenters. The number of hydrogen-bond acceptors (Lipinski definition) is 2. The van der Waals surface area contributed by atoms with E-state index >= 15 is 0 Å². The van der Waals surface area contributed by atoms with Crippen LogP contribution in [0.5, 0.6) is 0 Å². The summed E-state index contributed by atoms with van der Waals surface area (Å²) in [6, 6.07) is 0. The lowest BCUT2D eigenvalue weighted by molar-refractivity contribution is 0.320. The van der Waals surface area contributed by atoms with Crippen molar-refractivity contribution in [3.8, 4) is 0 Å². The molecule has 0 fully saturated rings. The van der Waals surface area contributed by atoms with Crippen LogP contribution >= 0.6 is 46.0 Å². The van der Waals surface area contributed by atoms with Crippen LogP contribution in [0.25, 0.3) is 0 Å². The van der Waals surface area contributed by atoms with Gasteiger partial charge in [0.1, 0.15) is 0 Å². The fourth-order valence-corrected chi connectivity index (χ4v) is 0. The number of rotatable bonds is 1. The predicted octanol–water partition coefficient (Wildman–Crippen LogP) is 2.06. The lowest BCUT2D eigenvalue weighted by atomic mass is 10.9. The van der Waals surface area contributed by atoms with E-state index in [4.69, 9.17) is 23.2 Å². The first kappa shape index (κ1) is 11.2. The molecule has 0 saturated heterocycles. The second kappa shape index (κ2) is 4.22. The van der Waals surface area contributed by atoms with Gasteiger partial charge in [-0.15, -0.1) is 0 Å². The van der Waals surface area contributed by atoms with Gasteiger partial charge >= 0.3 is 0 Å². The molecule has 0 aliphatic carbocycles. The second-order valence-electron chi connectivity index (χ2n) is 0.899. The van der Waals surface area contributed by atoms with Gasteiger partial charge in [0.05, 0.1) is 0 Å². The van der Waals surface area contributed by atoms with Crippen LogP contribution < -0.4 is 0 Å². The summed E-state index contributed by atoms with van der Waals surface area (Å²) >= 11 is 13.7. The molecule has 0 aliphatic heterocycles. The van der Waals surface area contributed by atoms with Gasteiger partial charge in [0, 0.05) is 0 Å². The van der Waals surface area contributed by atoms with Gasteiger partial charge in [-0.3, -0.25) is 4.18 Å². The molecule has 0 aromatic heterocycles. The molecule has 0 saturated carbocycles. The van der Waals surface area contributed by atoms with Crippen molar-refractivity contribution in [2.75, 3.05) is 0 Å². The first-order valence-electron chi connectivity index (χ1n) is 1.26. The molecule has 0 aliphatic rings. The van der Waals surface area contributed by atoms with Crippen molar-refractivity contribution < 1.29 is 4.18 Å². The maximum absolute atomic E-state index is 5.18. The van der Waals surface area contributed by atoms with E-state index in [9.17, 15) is 0 Å². The van der Waals surface area contributed by atoms with Crippen molar-refractivity contribution in [2.45, 2.75) is 11.4 Å². The molecule has 5 heteroatoms. The third kappa shape index (κ3) is 11.1. The molecule has 0 spiro atoms. The Morgan fingerprint density at radius 2 is 1.71 bits per heavy atom. The first-order valence-corrected chi connectivity index (χ1v) is 2.39. The van der Waals surface area contributed by atoms with Crippen molar-refractivity contribution in [1.29, 1.82) is 0 Å². The van der Waals surface area contributed by atoms with Crippen LogP contribution in [-0.2, 0) is 4.18 Å². The molecule has 1 nitrogen and oxygen atoms in total. The second-order valence-corrected chi connectivity index (χ2v) is 2.72. The van der Waals surface area contributed by atoms with Gasteiger partial charge in [-0.2, -0.15) is 9.90 Å². The summed E-state index contributed by atoms with van der Waals surface area (Å²) in [5.41, 5.74) is 0. The highest BCUT2D eigenvalue weighted by atomic mass is 35.5. The average molecular weight is 181 g/mol. The van der Waals surface area contributed by atoms with Gasteiger partial charge in [-0.05, 0) is 19.8 Å². The van der Waals surface area contributed by atoms with Crippen LogP contribution in [0.2, 0.25) is 0 Å². The fraction of sp³-hybridized carbons (Fsp3) is 1.00. The number of halogens is 2. The third-order valence-electron chi connectivity index (χ3n) is 0.160. The monoisotopic (exact) mass is 180 g/mol. The maximum Gasteiger partial charge on any atom is 0.226 e. The Hall–Kier alpha value is 1.32. The quantitative estimate of drug-likeness (QED) is 0.282. The highest BCUT2D eigenvalue weighted by Gasteiger charge is 2.13. The van der Waals surface area contributed by atoms with E-state index in [-0.39, 0.29) is 9.90 Å². The minimum Gasteiger partial charge on any atom is -0.281 e. The van der Waals surface area contributed by atoms with E-state index in [1.54, 1.807) is 0 Å². The van der Waals surface area contributed by atoms with Gasteiger partial charge in [-0.25, -0.2) is 0 Å². The predicted molar refractivity (Wildman–Crippen MR) is 41.3 cm³/mol. The van der Waals surface area contributed by atoms with E-state index in [0.717, 1.165) is 0 Å². The summed E-state index contributed by atoms with van der Waals surface area (Å²) < 4.78 is 3.01. The minimum atomic E-state index is -1.15. The van der Waals surface area contributed by atoms with Crippen LogP contribution in [0.15, 0.2) is 0 Å². The van der Waals surface area contributed by atoms with Crippen LogP contribution in [0.3, 0.4) is 0 Å². The van der Waals surface area contributed by atoms with Crippen LogP contribution in [0.1, 0.15) is 6.92 Å². The van der Waals surface area contributed by atoms with Gasteiger partial charge in [0.15, 0.2) is 0 Å². The zero-order valence-electron chi connectivity index (χ0n) is 3.82. The topological polar surface area (TPSA) is 9.23 Å². The van der Waals surface area contributed by atoms with E-state index in [1.807, 2.05) is 0 Å². The summed E-state index contributed by atoms with van der Waals surface area (Å²) in [5.74, 6) is 0. The fourth-order valence-electron chi connectivity index (χ4n) is 0. The largest absolute Gasteiger partial charge is 0.281 e. The van der Waals surface area contributed by atoms with Gasteiger partial charge in [0.2, 0.25) is 4.52 Å². The van der Waals surface area contributed by atoms with Crippen molar-refractivity contribution in [1.82, 2.24) is 0 Å². The van der Waals surface area contributed by atoms with E-state index in [2.05, 4.69) is 17.1 Å². The van der Waals surface area contributed by atoms with E-state index in [0.29, 0.717) is 0 Å². The third-order valence-corrected chi connectivity index (χ3v) is 0.895. The summed E-state index contributed by atoms with van der Waals surface area (Å²) in [4.78, 5) is 0. The summed E-state index contributed by atoms with van der Waals surface area (Å²) in [6.45, 7) is 1.48. The maximum atomic E-state index is 5.18. The molecule has 0 aromatic carbocycles. The van der Waals surface area contributed by atoms with Crippen LogP contribution in [0.4, 0.5) is 0 Å². The van der Waals surface area contributed by atoms with E-state index in [1.165, 1.54) is 6.92 Å². The minimum absolute atomic E-state index is 0. The zero-order chi connectivity index (χ0) is 5.21. The highest BCUT2D eigenvalue weighted by Crippen LogP contribution is 2.21. The molecule has 0 rings (SSSR count). The highest BCUT2D eigenvalue weighted by molar-refractivity contribution is 7.75.